The monoisotopic (exact) mass is 798 g/mol. The van der Waals surface area contributed by atoms with Crippen molar-refractivity contribution in [3.8, 4) is 5.69 Å². The molecule has 1 saturated carbocycles. The number of imide groups is 1. The third-order valence-corrected chi connectivity index (χ3v) is 11.6. The number of hydrogen-bond donors (Lipinski definition) is 3. The highest BCUT2D eigenvalue weighted by atomic mass is 19.4. The Balaban J connectivity index is 0.809. The largest absolute Gasteiger partial charge is 0.433 e. The van der Waals surface area contributed by atoms with Crippen LogP contribution in [0.3, 0.4) is 0 Å². The van der Waals surface area contributed by atoms with E-state index in [1.165, 1.54) is 10.9 Å². The van der Waals surface area contributed by atoms with Gasteiger partial charge in [0, 0.05) is 80.6 Å². The summed E-state index contributed by atoms with van der Waals surface area (Å²) in [4.78, 5) is 73.7. The fourth-order valence-corrected chi connectivity index (χ4v) is 8.34. The molecule has 5 heterocycles. The lowest BCUT2D eigenvalue weighted by molar-refractivity contribution is -0.141. The van der Waals surface area contributed by atoms with Gasteiger partial charge in [-0.05, 0) is 86.3 Å². The van der Waals surface area contributed by atoms with Gasteiger partial charge in [0.25, 0.3) is 11.8 Å². The molecule has 2 aromatic heterocycles. The van der Waals surface area contributed by atoms with Crippen LogP contribution in [0.15, 0.2) is 72.9 Å². The van der Waals surface area contributed by atoms with Gasteiger partial charge >= 0.3 is 12.2 Å². The zero-order valence-corrected chi connectivity index (χ0v) is 31.4. The molecule has 0 atom stereocenters. The molecule has 2 aromatic carbocycles. The van der Waals surface area contributed by atoms with E-state index in [1.54, 1.807) is 17.0 Å². The van der Waals surface area contributed by atoms with Crippen molar-refractivity contribution in [2.45, 2.75) is 38.3 Å². The van der Waals surface area contributed by atoms with Crippen molar-refractivity contribution in [1.82, 2.24) is 25.0 Å². The van der Waals surface area contributed by atoms with Crippen molar-refractivity contribution >= 4 is 52.4 Å². The first-order valence-electron chi connectivity index (χ1n) is 19.1. The number of anilines is 4. The van der Waals surface area contributed by atoms with Crippen LogP contribution < -0.4 is 31.1 Å². The van der Waals surface area contributed by atoms with Crippen LogP contribution >= 0.6 is 0 Å². The standard InChI is InChI=1S/C40H41F3N10O5/c41-40(42,43)32-3-1-2-30(45-32)36(56)46-31-22-53(48-34(31)35(44)55)29-10-6-26(7-11-29)49-18-20-50(21-19-49)37(57)25-12-15-39(16-13-25)23-51(24-39)27-4-8-28(9-5-27)52-17-14-33(54)47-38(52)58/h1-11,22,25H,12-21,23-24H2,(H2,44,55)(H,46,56)(H,47,54,58). The van der Waals surface area contributed by atoms with E-state index in [0.29, 0.717) is 38.4 Å². The number of alkyl halides is 3. The molecule has 15 nitrogen and oxygen atoms in total. The molecule has 58 heavy (non-hydrogen) atoms. The molecule has 4 N–H and O–H groups in total. The summed E-state index contributed by atoms with van der Waals surface area (Å²) in [5, 5.41) is 8.95. The Labute approximate surface area is 330 Å². The number of carbonyl (C=O) groups excluding carboxylic acids is 5. The predicted molar refractivity (Wildman–Crippen MR) is 207 cm³/mol. The number of amides is 6. The third-order valence-electron chi connectivity index (χ3n) is 11.6. The Bertz CT molecular complexity index is 2240. The summed E-state index contributed by atoms with van der Waals surface area (Å²) in [7, 11) is 0. The number of benzene rings is 2. The van der Waals surface area contributed by atoms with Crippen molar-refractivity contribution < 1.29 is 37.1 Å². The number of piperazine rings is 1. The van der Waals surface area contributed by atoms with Crippen LogP contribution in [0.1, 0.15) is 58.8 Å². The third kappa shape index (κ3) is 7.77. The van der Waals surface area contributed by atoms with Crippen molar-refractivity contribution in [3.05, 3.63) is 90.0 Å². The van der Waals surface area contributed by atoms with E-state index in [2.05, 4.69) is 30.5 Å². The minimum atomic E-state index is -4.74. The summed E-state index contributed by atoms with van der Waals surface area (Å²) in [5.74, 6) is -1.93. The minimum absolute atomic E-state index is 0.0164. The number of pyridine rings is 1. The van der Waals surface area contributed by atoms with E-state index in [1.807, 2.05) is 41.3 Å². The molecule has 0 unspecified atom stereocenters. The number of nitrogens with two attached hydrogens (primary N) is 1. The topological polar surface area (TPSA) is 179 Å². The zero-order valence-electron chi connectivity index (χ0n) is 31.4. The van der Waals surface area contributed by atoms with E-state index in [4.69, 9.17) is 5.73 Å². The summed E-state index contributed by atoms with van der Waals surface area (Å²) >= 11 is 0. The number of nitrogens with zero attached hydrogens (tertiary/aromatic N) is 7. The van der Waals surface area contributed by atoms with Gasteiger partial charge in [0.1, 0.15) is 11.4 Å². The first-order valence-corrected chi connectivity index (χ1v) is 19.1. The predicted octanol–water partition coefficient (Wildman–Crippen LogP) is 4.43. The van der Waals surface area contributed by atoms with Crippen LogP contribution in [-0.2, 0) is 15.8 Å². The molecule has 1 aliphatic carbocycles. The zero-order chi connectivity index (χ0) is 40.8. The van der Waals surface area contributed by atoms with Crippen LogP contribution in [0.4, 0.5) is 40.7 Å². The average molecular weight is 799 g/mol. The van der Waals surface area contributed by atoms with Gasteiger partial charge in [0.2, 0.25) is 11.8 Å². The number of halogens is 3. The number of hydrogen-bond acceptors (Lipinski definition) is 9. The summed E-state index contributed by atoms with van der Waals surface area (Å²) in [6, 6.07) is 17.7. The summed E-state index contributed by atoms with van der Waals surface area (Å²) in [6.07, 6.45) is 0.641. The lowest BCUT2D eigenvalue weighted by atomic mass is 9.65. The second kappa shape index (κ2) is 15.1. The van der Waals surface area contributed by atoms with E-state index in [0.717, 1.165) is 74.0 Å². The second-order valence-electron chi connectivity index (χ2n) is 15.3. The number of urea groups is 1. The number of rotatable bonds is 8. The number of carbonyl (C=O) groups is 5. The fraction of sp³-hybridized carbons (Fsp3) is 0.375. The van der Waals surface area contributed by atoms with Crippen LogP contribution in [0.25, 0.3) is 5.69 Å². The van der Waals surface area contributed by atoms with Crippen LogP contribution in [0.2, 0.25) is 0 Å². The average Bonchev–Trinajstić information content (AvgIpc) is 3.64. The molecular weight excluding hydrogens is 757 g/mol. The Kier molecular flexibility index (Phi) is 10.0. The van der Waals surface area contributed by atoms with Crippen molar-refractivity contribution in [2.24, 2.45) is 17.1 Å². The highest BCUT2D eigenvalue weighted by Gasteiger charge is 2.47. The Morgan fingerprint density at radius 3 is 2.05 bits per heavy atom. The van der Waals surface area contributed by atoms with Gasteiger partial charge in [-0.15, -0.1) is 0 Å². The smallest absolute Gasteiger partial charge is 0.370 e. The molecule has 302 valence electrons. The number of nitrogens with one attached hydrogen (secondary N) is 2. The minimum Gasteiger partial charge on any atom is -0.370 e. The van der Waals surface area contributed by atoms with Crippen LogP contribution in [0.5, 0.6) is 0 Å². The Morgan fingerprint density at radius 1 is 0.810 bits per heavy atom. The first-order chi connectivity index (χ1) is 27.7. The summed E-state index contributed by atoms with van der Waals surface area (Å²) in [6.45, 7) is 4.76. The van der Waals surface area contributed by atoms with Crippen molar-refractivity contribution in [2.75, 3.05) is 65.8 Å². The summed E-state index contributed by atoms with van der Waals surface area (Å²) in [5.41, 5.74) is 6.96. The highest BCUT2D eigenvalue weighted by Crippen LogP contribution is 2.47. The van der Waals surface area contributed by atoms with Gasteiger partial charge in [-0.1, -0.05) is 6.07 Å². The molecule has 4 aliphatic rings. The SMILES string of the molecule is NC(=O)c1nn(-c2ccc(N3CCN(C(=O)C4CCC5(CC4)CN(c4ccc(N6CCC(=O)NC6=O)cc4)C5)CC3)cc2)cc1NC(=O)c1cccc(C(F)(F)F)n1. The second-order valence-corrected chi connectivity index (χ2v) is 15.3. The summed E-state index contributed by atoms with van der Waals surface area (Å²) < 4.78 is 40.7. The maximum atomic E-state index is 13.6. The van der Waals surface area contributed by atoms with E-state index in [-0.39, 0.29) is 40.9 Å². The molecule has 4 aromatic rings. The normalized spacial score (nSPS) is 18.5. The van der Waals surface area contributed by atoms with Gasteiger partial charge in [-0.3, -0.25) is 29.4 Å². The lowest BCUT2D eigenvalue weighted by Crippen LogP contribution is -2.58. The van der Waals surface area contributed by atoms with E-state index in [9.17, 15) is 37.1 Å². The van der Waals surface area contributed by atoms with Crippen LogP contribution in [-0.4, -0.2) is 95.1 Å². The first kappa shape index (κ1) is 38.4. The molecule has 0 radical (unpaired) electrons. The van der Waals surface area contributed by atoms with Crippen LogP contribution in [0, 0.1) is 11.3 Å². The van der Waals surface area contributed by atoms with Gasteiger partial charge < -0.3 is 25.8 Å². The molecule has 3 saturated heterocycles. The van der Waals surface area contributed by atoms with Crippen molar-refractivity contribution in [3.63, 3.8) is 0 Å². The van der Waals surface area contributed by atoms with Gasteiger partial charge in [-0.25, -0.2) is 14.5 Å². The number of primary amides is 1. The van der Waals surface area contributed by atoms with Gasteiger partial charge in [-0.2, -0.15) is 18.3 Å². The van der Waals surface area contributed by atoms with E-state index >= 15 is 0 Å². The van der Waals surface area contributed by atoms with Gasteiger partial charge in [0.15, 0.2) is 5.69 Å². The highest BCUT2D eigenvalue weighted by molar-refractivity contribution is 6.07. The maximum absolute atomic E-state index is 13.6. The maximum Gasteiger partial charge on any atom is 0.433 e. The quantitative estimate of drug-likeness (QED) is 0.233. The lowest BCUT2D eigenvalue weighted by Gasteiger charge is -2.54. The Morgan fingerprint density at radius 2 is 1.43 bits per heavy atom. The molecule has 4 fully saturated rings. The number of aromatic nitrogens is 3. The molecule has 0 bridgehead atoms. The molecule has 1 spiro atoms. The molecular formula is C40H41F3N10O5. The fourth-order valence-electron chi connectivity index (χ4n) is 8.34. The van der Waals surface area contributed by atoms with Crippen molar-refractivity contribution in [1.29, 1.82) is 0 Å². The van der Waals surface area contributed by atoms with E-state index < -0.39 is 35.4 Å². The molecule has 6 amide bonds. The van der Waals surface area contributed by atoms with Gasteiger partial charge in [0.05, 0.1) is 17.6 Å². The molecule has 3 aliphatic heterocycles. The Hall–Kier alpha value is -6.46. The molecule has 8 rings (SSSR count). The molecule has 18 heteroatoms.